The number of aromatic nitrogens is 4. The van der Waals surface area contributed by atoms with Gasteiger partial charge in [-0.1, -0.05) is 18.2 Å². The number of rotatable bonds is 4. The lowest BCUT2D eigenvalue weighted by atomic mass is 9.96. The molecule has 0 bridgehead atoms. The highest BCUT2D eigenvalue weighted by Gasteiger charge is 2.17. The van der Waals surface area contributed by atoms with E-state index in [1.165, 1.54) is 0 Å². The van der Waals surface area contributed by atoms with E-state index in [9.17, 15) is 9.90 Å². The van der Waals surface area contributed by atoms with Crippen molar-refractivity contribution < 1.29 is 9.90 Å². The minimum atomic E-state index is -0.710. The molecule has 8 heteroatoms. The quantitative estimate of drug-likeness (QED) is 0.505. The molecule has 2 aromatic carbocycles. The summed E-state index contributed by atoms with van der Waals surface area (Å²) >= 11 is 0. The van der Waals surface area contributed by atoms with E-state index in [4.69, 9.17) is 11.5 Å². The Bertz CT molecular complexity index is 1200. The van der Waals surface area contributed by atoms with Crippen LogP contribution in [0.2, 0.25) is 0 Å². The highest BCUT2D eigenvalue weighted by Crippen LogP contribution is 2.34. The number of carbonyl (C=O) groups excluding carboxylic acids is 1. The van der Waals surface area contributed by atoms with Gasteiger partial charge in [0.2, 0.25) is 0 Å². The first-order valence-electron chi connectivity index (χ1n) is 8.42. The summed E-state index contributed by atoms with van der Waals surface area (Å²) in [5.74, 6) is -0.710. The number of imidazole rings is 1. The number of nitrogens with zero attached hydrogens (tertiary/aromatic N) is 4. The van der Waals surface area contributed by atoms with Crippen molar-refractivity contribution >= 4 is 33.5 Å². The van der Waals surface area contributed by atoms with E-state index >= 15 is 0 Å². The van der Waals surface area contributed by atoms with Crippen molar-refractivity contribution in [3.8, 4) is 11.1 Å². The number of primary amides is 1. The summed E-state index contributed by atoms with van der Waals surface area (Å²) in [6, 6.07) is 9.63. The van der Waals surface area contributed by atoms with Gasteiger partial charge in [-0.15, -0.1) is 10.2 Å². The maximum absolute atomic E-state index is 11.5. The molecule has 136 valence electrons. The molecule has 4 aromatic rings. The van der Waals surface area contributed by atoms with E-state index in [1.54, 1.807) is 6.33 Å². The number of amides is 1. The van der Waals surface area contributed by atoms with Crippen LogP contribution in [0.5, 0.6) is 0 Å². The average molecular weight is 362 g/mol. The fourth-order valence-corrected chi connectivity index (χ4v) is 3.34. The molecule has 0 saturated heterocycles. The Hall–Kier alpha value is -3.52. The molecule has 0 radical (unpaired) electrons. The number of anilines is 1. The number of fused-ring (bicyclic) bond motifs is 2. The van der Waals surface area contributed by atoms with Gasteiger partial charge in [0.05, 0.1) is 29.7 Å². The Morgan fingerprint density at radius 3 is 2.78 bits per heavy atom. The van der Waals surface area contributed by atoms with E-state index in [1.807, 2.05) is 41.8 Å². The lowest BCUT2D eigenvalue weighted by Gasteiger charge is -2.12. The van der Waals surface area contributed by atoms with Gasteiger partial charge in [0.15, 0.2) is 5.69 Å². The maximum atomic E-state index is 11.5. The summed E-state index contributed by atoms with van der Waals surface area (Å²) < 4.78 is 1.89. The third-order valence-electron chi connectivity index (χ3n) is 4.67. The number of nitrogen functional groups attached to an aromatic ring is 1. The van der Waals surface area contributed by atoms with E-state index in [0.29, 0.717) is 17.4 Å². The number of aliphatic hydroxyl groups is 1. The fraction of sp³-hybridized carbons (Fsp3) is 0.158. The van der Waals surface area contributed by atoms with Crippen LogP contribution >= 0.6 is 0 Å². The van der Waals surface area contributed by atoms with Crippen LogP contribution in [0.15, 0.2) is 36.7 Å². The number of hydrogen-bond acceptors (Lipinski definition) is 6. The second-order valence-electron chi connectivity index (χ2n) is 6.35. The zero-order chi connectivity index (χ0) is 19.1. The first-order valence-corrected chi connectivity index (χ1v) is 8.42. The average Bonchev–Trinajstić information content (AvgIpc) is 3.04. The molecule has 1 amide bonds. The molecule has 2 heterocycles. The first-order chi connectivity index (χ1) is 13.0. The molecule has 0 unspecified atom stereocenters. The van der Waals surface area contributed by atoms with E-state index in [-0.39, 0.29) is 18.0 Å². The summed E-state index contributed by atoms with van der Waals surface area (Å²) in [4.78, 5) is 15.9. The lowest BCUT2D eigenvalue weighted by molar-refractivity contribution is 0.0996. The van der Waals surface area contributed by atoms with Gasteiger partial charge in [-0.3, -0.25) is 4.79 Å². The van der Waals surface area contributed by atoms with Crippen molar-refractivity contribution in [1.82, 2.24) is 19.7 Å². The van der Waals surface area contributed by atoms with Crippen molar-refractivity contribution in [3.05, 3.63) is 47.9 Å². The third-order valence-corrected chi connectivity index (χ3v) is 4.67. The number of aryl methyl sites for hydroxylation is 1. The predicted molar refractivity (Wildman–Crippen MR) is 103 cm³/mol. The smallest absolute Gasteiger partial charge is 0.271 e. The maximum Gasteiger partial charge on any atom is 0.271 e. The fourth-order valence-electron chi connectivity index (χ4n) is 3.34. The molecule has 0 saturated carbocycles. The minimum absolute atomic E-state index is 0.0287. The highest BCUT2D eigenvalue weighted by atomic mass is 16.3. The zero-order valence-corrected chi connectivity index (χ0v) is 14.7. The lowest BCUT2D eigenvalue weighted by Crippen LogP contribution is -2.16. The molecule has 0 atom stereocenters. The van der Waals surface area contributed by atoms with Crippen molar-refractivity contribution in [2.24, 2.45) is 5.73 Å². The van der Waals surface area contributed by atoms with Gasteiger partial charge in [0, 0.05) is 17.5 Å². The van der Waals surface area contributed by atoms with Crippen LogP contribution < -0.4 is 11.5 Å². The van der Waals surface area contributed by atoms with Crippen molar-refractivity contribution in [1.29, 1.82) is 0 Å². The molecule has 5 N–H and O–H groups in total. The van der Waals surface area contributed by atoms with Crippen molar-refractivity contribution in [2.75, 3.05) is 12.3 Å². The molecule has 0 spiro atoms. The van der Waals surface area contributed by atoms with Crippen LogP contribution in [-0.4, -0.2) is 37.4 Å². The molecule has 0 aliphatic rings. The molecular formula is C19H18N6O2. The van der Waals surface area contributed by atoms with Gasteiger partial charge >= 0.3 is 0 Å². The first kappa shape index (κ1) is 16.9. The van der Waals surface area contributed by atoms with Gasteiger partial charge in [0.1, 0.15) is 5.52 Å². The summed E-state index contributed by atoms with van der Waals surface area (Å²) in [7, 11) is 0. The molecule has 8 nitrogen and oxygen atoms in total. The Kier molecular flexibility index (Phi) is 3.97. The number of carbonyl (C=O) groups is 1. The van der Waals surface area contributed by atoms with Crippen LogP contribution in [-0.2, 0) is 6.54 Å². The van der Waals surface area contributed by atoms with Crippen molar-refractivity contribution in [2.45, 2.75) is 13.5 Å². The molecule has 0 fully saturated rings. The number of nitrogens with two attached hydrogens (primary N) is 2. The van der Waals surface area contributed by atoms with Gasteiger partial charge in [-0.25, -0.2) is 4.98 Å². The normalized spacial score (nSPS) is 11.3. The molecule has 0 aliphatic heterocycles. The number of benzene rings is 2. The van der Waals surface area contributed by atoms with Crippen LogP contribution in [0, 0.1) is 6.92 Å². The molecule has 0 aliphatic carbocycles. The second-order valence-corrected chi connectivity index (χ2v) is 6.35. The van der Waals surface area contributed by atoms with Gasteiger partial charge in [0.25, 0.3) is 5.91 Å². The summed E-state index contributed by atoms with van der Waals surface area (Å²) in [5.41, 5.74) is 16.8. The third kappa shape index (κ3) is 2.67. The Morgan fingerprint density at radius 1 is 1.22 bits per heavy atom. The largest absolute Gasteiger partial charge is 0.396 e. The summed E-state index contributed by atoms with van der Waals surface area (Å²) in [6.45, 7) is 2.47. The predicted octanol–water partition coefficient (Wildman–Crippen LogP) is 1.63. The molecule has 2 aromatic heterocycles. The summed E-state index contributed by atoms with van der Waals surface area (Å²) in [5, 5.41) is 18.0. The summed E-state index contributed by atoms with van der Waals surface area (Å²) in [6.07, 6.45) is 1.71. The van der Waals surface area contributed by atoms with Crippen LogP contribution in [0.3, 0.4) is 0 Å². The van der Waals surface area contributed by atoms with Crippen LogP contribution in [0.4, 0.5) is 5.69 Å². The Morgan fingerprint density at radius 2 is 2.04 bits per heavy atom. The Labute approximate surface area is 154 Å². The molecular weight excluding hydrogens is 344 g/mol. The SMILES string of the molecule is Cc1ccc2c(N)c(C(N)=O)nnc2c1-c1ccc2ncn(CCO)c2c1. The second kappa shape index (κ2) is 6.33. The van der Waals surface area contributed by atoms with Crippen molar-refractivity contribution in [3.63, 3.8) is 0 Å². The van der Waals surface area contributed by atoms with Gasteiger partial charge in [-0.2, -0.15) is 0 Å². The Balaban J connectivity index is 1.99. The minimum Gasteiger partial charge on any atom is -0.396 e. The van der Waals surface area contributed by atoms with Gasteiger partial charge < -0.3 is 21.1 Å². The zero-order valence-electron chi connectivity index (χ0n) is 14.7. The van der Waals surface area contributed by atoms with Crippen LogP contribution in [0.1, 0.15) is 16.1 Å². The topological polar surface area (TPSA) is 133 Å². The van der Waals surface area contributed by atoms with E-state index < -0.39 is 5.91 Å². The van der Waals surface area contributed by atoms with Gasteiger partial charge in [-0.05, 0) is 30.2 Å². The van der Waals surface area contributed by atoms with Crippen LogP contribution in [0.25, 0.3) is 33.1 Å². The highest BCUT2D eigenvalue weighted by molar-refractivity contribution is 6.08. The number of hydrogen-bond donors (Lipinski definition) is 3. The molecule has 27 heavy (non-hydrogen) atoms. The molecule has 4 rings (SSSR count). The van der Waals surface area contributed by atoms with E-state index in [2.05, 4.69) is 15.2 Å². The number of aliphatic hydroxyl groups excluding tert-OH is 1. The monoisotopic (exact) mass is 362 g/mol. The van der Waals surface area contributed by atoms with E-state index in [0.717, 1.165) is 27.7 Å². The standard InChI is InChI=1S/C19H18N6O2/c1-10-2-4-12-16(20)18(19(21)27)24-23-17(12)15(10)11-3-5-13-14(8-11)25(6-7-26)9-22-13/h2-5,8-9,26H,6-7H2,1H3,(H2,20,23)(H2,21,27).